The Morgan fingerprint density at radius 2 is 1.96 bits per heavy atom. The van der Waals surface area contributed by atoms with E-state index in [-0.39, 0.29) is 30.1 Å². The smallest absolute Gasteiger partial charge is 0.407 e. The van der Waals surface area contributed by atoms with E-state index in [0.717, 1.165) is 37.6 Å². The van der Waals surface area contributed by atoms with Gasteiger partial charge in [0.25, 0.3) is 0 Å². The number of nitrogens with zero attached hydrogens (tertiary/aromatic N) is 2. The third kappa shape index (κ3) is 12.4. The quantitative estimate of drug-likeness (QED) is 0.197. The van der Waals surface area contributed by atoms with Gasteiger partial charge in [0, 0.05) is 43.9 Å². The standard InChI is InChI=1S/C19H35N5O2S.HI/c1-7-20-17(21-10-8-11-23-18(25)26-19(4,5)6)22-12-9-15-13-27-16(24-15)14(2)3;/h13-14H,7-12H2,1-6H3,(H,23,25)(H2,20,21,22);1H. The van der Waals surface area contributed by atoms with Crippen LogP contribution in [-0.2, 0) is 11.2 Å². The maximum atomic E-state index is 11.6. The highest BCUT2D eigenvalue weighted by Gasteiger charge is 2.15. The largest absolute Gasteiger partial charge is 0.444 e. The maximum Gasteiger partial charge on any atom is 0.407 e. The third-order valence-electron chi connectivity index (χ3n) is 3.35. The lowest BCUT2D eigenvalue weighted by atomic mass is 10.2. The normalized spacial score (nSPS) is 11.8. The molecule has 1 heterocycles. The number of aliphatic imine (C=N–C) groups is 1. The SMILES string of the molecule is CCNC(=NCCCNC(=O)OC(C)(C)C)NCCc1csc(C(C)C)n1.I. The summed E-state index contributed by atoms with van der Waals surface area (Å²) in [5.41, 5.74) is 0.644. The Morgan fingerprint density at radius 1 is 1.25 bits per heavy atom. The Labute approximate surface area is 190 Å². The lowest BCUT2D eigenvalue weighted by Crippen LogP contribution is -2.38. The van der Waals surface area contributed by atoms with Crippen molar-refractivity contribution in [3.05, 3.63) is 16.1 Å². The minimum absolute atomic E-state index is 0. The fourth-order valence-corrected chi connectivity index (χ4v) is 3.00. The van der Waals surface area contributed by atoms with Crippen molar-refractivity contribution in [2.75, 3.05) is 26.2 Å². The van der Waals surface area contributed by atoms with Crippen LogP contribution in [0.5, 0.6) is 0 Å². The molecule has 1 amide bonds. The van der Waals surface area contributed by atoms with Crippen molar-refractivity contribution in [2.45, 2.75) is 65.9 Å². The van der Waals surface area contributed by atoms with Crippen LogP contribution in [0, 0.1) is 0 Å². The number of nitrogens with one attached hydrogen (secondary N) is 3. The molecule has 1 rings (SSSR count). The van der Waals surface area contributed by atoms with Gasteiger partial charge in [0.2, 0.25) is 0 Å². The fraction of sp³-hybridized carbons (Fsp3) is 0.737. The summed E-state index contributed by atoms with van der Waals surface area (Å²) < 4.78 is 5.20. The number of aromatic nitrogens is 1. The van der Waals surface area contributed by atoms with Gasteiger partial charge in [0.15, 0.2) is 5.96 Å². The van der Waals surface area contributed by atoms with Crippen molar-refractivity contribution in [3.63, 3.8) is 0 Å². The molecule has 162 valence electrons. The zero-order chi connectivity index (χ0) is 20.3. The molecule has 0 aliphatic carbocycles. The zero-order valence-corrected chi connectivity index (χ0v) is 21.1. The van der Waals surface area contributed by atoms with E-state index in [1.54, 1.807) is 11.3 Å². The first-order valence-corrected chi connectivity index (χ1v) is 10.5. The van der Waals surface area contributed by atoms with E-state index in [1.165, 1.54) is 5.01 Å². The molecule has 28 heavy (non-hydrogen) atoms. The summed E-state index contributed by atoms with van der Waals surface area (Å²) in [6.07, 6.45) is 1.23. The molecule has 0 radical (unpaired) electrons. The number of rotatable bonds is 9. The van der Waals surface area contributed by atoms with Crippen molar-refractivity contribution < 1.29 is 9.53 Å². The monoisotopic (exact) mass is 525 g/mol. The lowest BCUT2D eigenvalue weighted by molar-refractivity contribution is 0.0527. The number of hydrogen-bond donors (Lipinski definition) is 3. The second-order valence-electron chi connectivity index (χ2n) is 7.55. The number of carbonyl (C=O) groups excluding carboxylic acids is 1. The highest BCUT2D eigenvalue weighted by atomic mass is 127. The average Bonchev–Trinajstić information content (AvgIpc) is 3.02. The Kier molecular flexibility index (Phi) is 13.4. The van der Waals surface area contributed by atoms with E-state index >= 15 is 0 Å². The first kappa shape index (κ1) is 26.9. The molecule has 1 aromatic heterocycles. The molecule has 0 bridgehead atoms. The van der Waals surface area contributed by atoms with E-state index in [2.05, 4.69) is 45.2 Å². The molecule has 0 saturated heterocycles. The molecule has 0 aliphatic heterocycles. The van der Waals surface area contributed by atoms with Gasteiger partial charge in [-0.25, -0.2) is 9.78 Å². The second kappa shape index (κ2) is 14.0. The molecule has 0 spiro atoms. The van der Waals surface area contributed by atoms with Gasteiger partial charge >= 0.3 is 6.09 Å². The van der Waals surface area contributed by atoms with Crippen molar-refractivity contribution in [2.24, 2.45) is 4.99 Å². The number of thiazole rings is 1. The number of halogens is 1. The van der Waals surface area contributed by atoms with Crippen LogP contribution in [0.3, 0.4) is 0 Å². The minimum atomic E-state index is -0.475. The Bertz CT molecular complexity index is 599. The Morgan fingerprint density at radius 3 is 2.54 bits per heavy atom. The molecule has 9 heteroatoms. The molecule has 0 aliphatic rings. The summed E-state index contributed by atoms with van der Waals surface area (Å²) in [5, 5.41) is 12.6. The van der Waals surface area contributed by atoms with Crippen molar-refractivity contribution in [1.29, 1.82) is 0 Å². The highest BCUT2D eigenvalue weighted by molar-refractivity contribution is 14.0. The summed E-state index contributed by atoms with van der Waals surface area (Å²) in [7, 11) is 0. The topological polar surface area (TPSA) is 87.6 Å². The van der Waals surface area contributed by atoms with Crippen molar-refractivity contribution >= 4 is 47.4 Å². The van der Waals surface area contributed by atoms with Crippen LogP contribution in [0.2, 0.25) is 0 Å². The first-order valence-electron chi connectivity index (χ1n) is 9.64. The van der Waals surface area contributed by atoms with Crippen molar-refractivity contribution in [3.8, 4) is 0 Å². The molecule has 1 aromatic rings. The van der Waals surface area contributed by atoms with Gasteiger partial charge in [-0.1, -0.05) is 13.8 Å². The van der Waals surface area contributed by atoms with Gasteiger partial charge in [-0.15, -0.1) is 35.3 Å². The summed E-state index contributed by atoms with van der Waals surface area (Å²) in [6.45, 7) is 14.6. The van der Waals surface area contributed by atoms with Crippen LogP contribution >= 0.6 is 35.3 Å². The molecule has 0 atom stereocenters. The van der Waals surface area contributed by atoms with Crippen LogP contribution in [0.25, 0.3) is 0 Å². The minimum Gasteiger partial charge on any atom is -0.444 e. The van der Waals surface area contributed by atoms with Gasteiger partial charge in [0.1, 0.15) is 5.60 Å². The highest BCUT2D eigenvalue weighted by Crippen LogP contribution is 2.19. The van der Waals surface area contributed by atoms with Gasteiger partial charge < -0.3 is 20.7 Å². The molecule has 7 nitrogen and oxygen atoms in total. The van der Waals surface area contributed by atoms with Crippen LogP contribution in [0.4, 0.5) is 4.79 Å². The zero-order valence-electron chi connectivity index (χ0n) is 17.9. The van der Waals surface area contributed by atoms with Crippen LogP contribution in [0.1, 0.15) is 64.6 Å². The number of alkyl carbamates (subject to hydrolysis) is 1. The van der Waals surface area contributed by atoms with E-state index in [4.69, 9.17) is 4.74 Å². The maximum absolute atomic E-state index is 11.6. The molecule has 0 saturated carbocycles. The van der Waals surface area contributed by atoms with Crippen molar-refractivity contribution in [1.82, 2.24) is 20.9 Å². The first-order chi connectivity index (χ1) is 12.7. The van der Waals surface area contributed by atoms with Crippen LogP contribution < -0.4 is 16.0 Å². The second-order valence-corrected chi connectivity index (χ2v) is 8.44. The van der Waals surface area contributed by atoms with E-state index in [0.29, 0.717) is 19.0 Å². The molecule has 3 N–H and O–H groups in total. The summed E-state index contributed by atoms with van der Waals surface area (Å²) in [5.74, 6) is 1.26. The van der Waals surface area contributed by atoms with Gasteiger partial charge in [-0.2, -0.15) is 0 Å². The molecular formula is C19H36IN5O2S. The van der Waals surface area contributed by atoms with Crippen LogP contribution in [-0.4, -0.2) is 48.8 Å². The average molecular weight is 526 g/mol. The summed E-state index contributed by atoms with van der Waals surface area (Å²) in [4.78, 5) is 20.8. The molecule has 0 unspecified atom stereocenters. The molecule has 0 aromatic carbocycles. The number of carbonyl (C=O) groups is 1. The van der Waals surface area contributed by atoms with Gasteiger partial charge in [0.05, 0.1) is 10.7 Å². The van der Waals surface area contributed by atoms with E-state index in [1.807, 2.05) is 27.7 Å². The van der Waals surface area contributed by atoms with E-state index in [9.17, 15) is 4.79 Å². The van der Waals surface area contributed by atoms with E-state index < -0.39 is 5.60 Å². The van der Waals surface area contributed by atoms with Gasteiger partial charge in [-0.05, 0) is 34.1 Å². The fourth-order valence-electron chi connectivity index (χ4n) is 2.13. The third-order valence-corrected chi connectivity index (χ3v) is 4.55. The number of ether oxygens (including phenoxy) is 1. The number of amides is 1. The Balaban J connectivity index is 0.00000729. The Hall–Kier alpha value is -1.10. The molecule has 0 fully saturated rings. The lowest BCUT2D eigenvalue weighted by Gasteiger charge is -2.19. The van der Waals surface area contributed by atoms with Gasteiger partial charge in [-0.3, -0.25) is 4.99 Å². The predicted molar refractivity (Wildman–Crippen MR) is 128 cm³/mol. The summed E-state index contributed by atoms with van der Waals surface area (Å²) in [6, 6.07) is 0. The summed E-state index contributed by atoms with van der Waals surface area (Å²) >= 11 is 1.72. The van der Waals surface area contributed by atoms with Crippen LogP contribution in [0.15, 0.2) is 10.4 Å². The number of guanidine groups is 1. The number of hydrogen-bond acceptors (Lipinski definition) is 5. The predicted octanol–water partition coefficient (Wildman–Crippen LogP) is 3.90. The molecular weight excluding hydrogens is 489 g/mol.